The fourth-order valence-corrected chi connectivity index (χ4v) is 1.10. The number of carboxylic acid groups (broad SMARTS) is 1. The molecule has 1 rings (SSSR count). The Hall–Kier alpha value is -1.58. The number of carbonyl (C=O) groups is 1. The summed E-state index contributed by atoms with van der Waals surface area (Å²) in [6.07, 6.45) is 5.28. The van der Waals surface area contributed by atoms with Crippen molar-refractivity contribution < 1.29 is 9.90 Å². The average molecular weight is 194 g/mol. The Morgan fingerprint density at radius 3 is 2.71 bits per heavy atom. The van der Waals surface area contributed by atoms with Crippen molar-refractivity contribution in [3.63, 3.8) is 0 Å². The van der Waals surface area contributed by atoms with Gasteiger partial charge in [0.05, 0.1) is 0 Å². The van der Waals surface area contributed by atoms with Crippen molar-refractivity contribution in [3.8, 4) is 0 Å². The normalized spacial score (nSPS) is 9.71. The molecule has 1 aromatic heterocycles. The van der Waals surface area contributed by atoms with Gasteiger partial charge in [-0.05, 0) is 25.0 Å². The van der Waals surface area contributed by atoms with Crippen molar-refractivity contribution in [2.24, 2.45) is 0 Å². The summed E-state index contributed by atoms with van der Waals surface area (Å²) < 4.78 is 0. The molecule has 4 heteroatoms. The molecule has 0 atom stereocenters. The van der Waals surface area contributed by atoms with Gasteiger partial charge in [-0.1, -0.05) is 0 Å². The predicted octanol–water partition coefficient (Wildman–Crippen LogP) is 1.75. The lowest BCUT2D eigenvalue weighted by atomic mass is 10.2. The zero-order valence-corrected chi connectivity index (χ0v) is 7.94. The first-order valence-electron chi connectivity index (χ1n) is 4.65. The van der Waals surface area contributed by atoms with E-state index in [1.54, 1.807) is 12.4 Å². The highest BCUT2D eigenvalue weighted by Gasteiger charge is 1.95. The van der Waals surface area contributed by atoms with Crippen molar-refractivity contribution in [2.45, 2.75) is 19.3 Å². The van der Waals surface area contributed by atoms with Crippen LogP contribution in [0.15, 0.2) is 24.5 Å². The molecule has 0 saturated carbocycles. The van der Waals surface area contributed by atoms with E-state index in [2.05, 4.69) is 10.3 Å². The molecule has 1 aromatic rings. The molecule has 14 heavy (non-hydrogen) atoms. The number of unbranched alkanes of at least 4 members (excludes halogenated alkanes) is 1. The fourth-order valence-electron chi connectivity index (χ4n) is 1.10. The van der Waals surface area contributed by atoms with Crippen LogP contribution in [0.5, 0.6) is 0 Å². The molecule has 76 valence electrons. The number of nitrogens with zero attached hydrogens (tertiary/aromatic N) is 1. The molecular weight excluding hydrogens is 180 g/mol. The molecular formula is C10H14N2O2. The summed E-state index contributed by atoms with van der Waals surface area (Å²) in [6, 6.07) is 3.77. The van der Waals surface area contributed by atoms with Gasteiger partial charge in [-0.15, -0.1) is 0 Å². The maximum Gasteiger partial charge on any atom is 0.303 e. The molecule has 0 unspecified atom stereocenters. The second-order valence-electron chi connectivity index (χ2n) is 3.01. The first-order chi connectivity index (χ1) is 6.79. The van der Waals surface area contributed by atoms with Gasteiger partial charge in [0, 0.05) is 31.0 Å². The van der Waals surface area contributed by atoms with E-state index in [9.17, 15) is 4.79 Å². The SMILES string of the molecule is O=C(O)CCCCNc1ccncc1. The van der Waals surface area contributed by atoms with Gasteiger partial charge in [0.1, 0.15) is 0 Å². The number of hydrogen-bond donors (Lipinski definition) is 2. The number of pyridine rings is 1. The van der Waals surface area contributed by atoms with Crippen molar-refractivity contribution in [1.82, 2.24) is 4.98 Å². The topological polar surface area (TPSA) is 62.2 Å². The minimum Gasteiger partial charge on any atom is -0.481 e. The third-order valence-electron chi connectivity index (χ3n) is 1.83. The molecule has 0 aliphatic rings. The predicted molar refractivity (Wildman–Crippen MR) is 54.2 cm³/mol. The lowest BCUT2D eigenvalue weighted by molar-refractivity contribution is -0.137. The van der Waals surface area contributed by atoms with E-state index in [0.717, 1.165) is 18.7 Å². The number of rotatable bonds is 6. The van der Waals surface area contributed by atoms with Gasteiger partial charge in [0.25, 0.3) is 0 Å². The van der Waals surface area contributed by atoms with Gasteiger partial charge in [0.2, 0.25) is 0 Å². The molecule has 2 N–H and O–H groups in total. The van der Waals surface area contributed by atoms with Crippen LogP contribution in [0.4, 0.5) is 5.69 Å². The van der Waals surface area contributed by atoms with E-state index in [-0.39, 0.29) is 6.42 Å². The highest BCUT2D eigenvalue weighted by molar-refractivity contribution is 5.66. The summed E-state index contributed by atoms with van der Waals surface area (Å²) in [4.78, 5) is 14.1. The first kappa shape index (κ1) is 10.5. The van der Waals surface area contributed by atoms with E-state index >= 15 is 0 Å². The lowest BCUT2D eigenvalue weighted by Gasteiger charge is -2.04. The molecule has 0 amide bonds. The zero-order chi connectivity index (χ0) is 10.2. The molecule has 0 spiro atoms. The molecule has 0 fully saturated rings. The van der Waals surface area contributed by atoms with Gasteiger partial charge in [-0.3, -0.25) is 9.78 Å². The van der Waals surface area contributed by atoms with Gasteiger partial charge in [-0.25, -0.2) is 0 Å². The van der Waals surface area contributed by atoms with Crippen molar-refractivity contribution >= 4 is 11.7 Å². The van der Waals surface area contributed by atoms with E-state index in [4.69, 9.17) is 5.11 Å². The summed E-state index contributed by atoms with van der Waals surface area (Å²) >= 11 is 0. The number of carboxylic acids is 1. The minimum absolute atomic E-state index is 0.248. The Bertz CT molecular complexity index is 275. The minimum atomic E-state index is -0.728. The Morgan fingerprint density at radius 1 is 1.36 bits per heavy atom. The van der Waals surface area contributed by atoms with Gasteiger partial charge >= 0.3 is 5.97 Å². The Morgan fingerprint density at radius 2 is 2.07 bits per heavy atom. The molecule has 0 aliphatic heterocycles. The zero-order valence-electron chi connectivity index (χ0n) is 7.94. The number of aromatic nitrogens is 1. The Kier molecular flexibility index (Phi) is 4.47. The van der Waals surface area contributed by atoms with Crippen LogP contribution in [-0.4, -0.2) is 22.6 Å². The monoisotopic (exact) mass is 194 g/mol. The third kappa shape index (κ3) is 4.45. The van der Waals surface area contributed by atoms with Gasteiger partial charge < -0.3 is 10.4 Å². The maximum absolute atomic E-state index is 10.2. The highest BCUT2D eigenvalue weighted by Crippen LogP contribution is 2.04. The number of aliphatic carboxylic acids is 1. The van der Waals surface area contributed by atoms with Crippen LogP contribution < -0.4 is 5.32 Å². The van der Waals surface area contributed by atoms with Crippen LogP contribution in [0, 0.1) is 0 Å². The first-order valence-corrected chi connectivity index (χ1v) is 4.65. The maximum atomic E-state index is 10.2. The van der Waals surface area contributed by atoms with Crippen molar-refractivity contribution in [1.29, 1.82) is 0 Å². The second-order valence-corrected chi connectivity index (χ2v) is 3.01. The second kappa shape index (κ2) is 5.96. The van der Waals surface area contributed by atoms with Gasteiger partial charge in [-0.2, -0.15) is 0 Å². The summed E-state index contributed by atoms with van der Waals surface area (Å²) in [7, 11) is 0. The van der Waals surface area contributed by atoms with Crippen molar-refractivity contribution in [3.05, 3.63) is 24.5 Å². The molecule has 4 nitrogen and oxygen atoms in total. The van der Waals surface area contributed by atoms with Crippen LogP contribution in [0.3, 0.4) is 0 Å². The molecule has 0 saturated heterocycles. The third-order valence-corrected chi connectivity index (χ3v) is 1.83. The van der Waals surface area contributed by atoms with Crippen LogP contribution >= 0.6 is 0 Å². The quantitative estimate of drug-likeness (QED) is 0.677. The Balaban J connectivity index is 2.08. The van der Waals surface area contributed by atoms with E-state index < -0.39 is 5.97 Å². The fraction of sp³-hybridized carbons (Fsp3) is 0.400. The van der Waals surface area contributed by atoms with Crippen LogP contribution in [0.2, 0.25) is 0 Å². The van der Waals surface area contributed by atoms with E-state index in [0.29, 0.717) is 6.42 Å². The smallest absolute Gasteiger partial charge is 0.303 e. The average Bonchev–Trinajstić information content (AvgIpc) is 2.18. The molecule has 0 radical (unpaired) electrons. The summed E-state index contributed by atoms with van der Waals surface area (Å²) in [6.45, 7) is 0.803. The number of anilines is 1. The molecule has 0 bridgehead atoms. The lowest BCUT2D eigenvalue weighted by Crippen LogP contribution is -2.02. The summed E-state index contributed by atoms with van der Waals surface area (Å²) in [5, 5.41) is 11.6. The molecule has 0 aromatic carbocycles. The summed E-state index contributed by atoms with van der Waals surface area (Å²) in [5.41, 5.74) is 1.02. The Labute approximate surface area is 83.0 Å². The highest BCUT2D eigenvalue weighted by atomic mass is 16.4. The van der Waals surface area contributed by atoms with Crippen LogP contribution in [-0.2, 0) is 4.79 Å². The van der Waals surface area contributed by atoms with E-state index in [1.807, 2.05) is 12.1 Å². The van der Waals surface area contributed by atoms with Gasteiger partial charge in [0.15, 0.2) is 0 Å². The van der Waals surface area contributed by atoms with Crippen LogP contribution in [0.1, 0.15) is 19.3 Å². The molecule has 1 heterocycles. The number of hydrogen-bond acceptors (Lipinski definition) is 3. The summed E-state index contributed by atoms with van der Waals surface area (Å²) in [5.74, 6) is -0.728. The standard InChI is InChI=1S/C10H14N2O2/c13-10(14)3-1-2-6-12-9-4-7-11-8-5-9/h4-5,7-8H,1-3,6H2,(H,11,12)(H,13,14). The molecule has 0 aliphatic carbocycles. The van der Waals surface area contributed by atoms with E-state index in [1.165, 1.54) is 0 Å². The van der Waals surface area contributed by atoms with Crippen LogP contribution in [0.25, 0.3) is 0 Å². The van der Waals surface area contributed by atoms with Crippen molar-refractivity contribution in [2.75, 3.05) is 11.9 Å². The largest absolute Gasteiger partial charge is 0.481 e. The number of nitrogens with one attached hydrogen (secondary N) is 1.